The lowest BCUT2D eigenvalue weighted by Gasteiger charge is -2.12. The number of nitrogens with one attached hydrogen (secondary N) is 2. The lowest BCUT2D eigenvalue weighted by Crippen LogP contribution is -2.20. The molecule has 0 amide bonds. The molecule has 0 saturated heterocycles. The van der Waals surface area contributed by atoms with Gasteiger partial charge in [0.25, 0.3) is 0 Å². The molecule has 0 saturated carbocycles. The van der Waals surface area contributed by atoms with E-state index in [-0.39, 0.29) is 5.82 Å². The van der Waals surface area contributed by atoms with Crippen molar-refractivity contribution in [1.82, 2.24) is 15.3 Å². The molecule has 0 radical (unpaired) electrons. The lowest BCUT2D eigenvalue weighted by atomic mass is 10.0. The summed E-state index contributed by atoms with van der Waals surface area (Å²) in [5.74, 6) is 0.210. The van der Waals surface area contributed by atoms with Crippen LogP contribution < -0.4 is 10.1 Å². The number of hydrogen-bond donors (Lipinski definition) is 2. The van der Waals surface area contributed by atoms with Crippen LogP contribution in [0.3, 0.4) is 0 Å². The number of hydrogen-bond acceptors (Lipinski definition) is 3. The van der Waals surface area contributed by atoms with Crippen molar-refractivity contribution in [2.24, 2.45) is 0 Å². The summed E-state index contributed by atoms with van der Waals surface area (Å²) in [6, 6.07) is 8.67. The molecule has 1 aliphatic heterocycles. The van der Waals surface area contributed by atoms with Crippen molar-refractivity contribution in [3.8, 4) is 16.9 Å². The molecule has 2 aromatic heterocycles. The highest BCUT2D eigenvalue weighted by Gasteiger charge is 2.15. The van der Waals surface area contributed by atoms with Crippen LogP contribution in [0, 0.1) is 5.82 Å². The van der Waals surface area contributed by atoms with E-state index in [0.717, 1.165) is 47.4 Å². The largest absolute Gasteiger partial charge is 0.496 e. The van der Waals surface area contributed by atoms with E-state index in [1.54, 1.807) is 19.4 Å². The van der Waals surface area contributed by atoms with Gasteiger partial charge in [-0.15, -0.1) is 0 Å². The van der Waals surface area contributed by atoms with Crippen molar-refractivity contribution in [3.05, 3.63) is 54.1 Å². The monoisotopic (exact) mass is 323 g/mol. The Balaban J connectivity index is 1.87. The number of H-pyrrole nitrogens is 1. The number of aromatic nitrogens is 2. The molecule has 2 N–H and O–H groups in total. The summed E-state index contributed by atoms with van der Waals surface area (Å²) in [7, 11) is 1.55. The Labute approximate surface area is 139 Å². The third-order valence-corrected chi connectivity index (χ3v) is 4.40. The van der Waals surface area contributed by atoms with Crippen LogP contribution in [0.4, 0.5) is 4.39 Å². The molecule has 4 nitrogen and oxygen atoms in total. The molecule has 3 heterocycles. The molecule has 0 unspecified atom stereocenters. The minimum Gasteiger partial charge on any atom is -0.496 e. The van der Waals surface area contributed by atoms with Gasteiger partial charge in [0.15, 0.2) is 0 Å². The van der Waals surface area contributed by atoms with Crippen molar-refractivity contribution < 1.29 is 9.13 Å². The fourth-order valence-electron chi connectivity index (χ4n) is 3.19. The number of rotatable bonds is 3. The standard InChI is InChI=1S/C19H18FN3O/c1-24-18-10-13(20)2-3-15(18)14-6-9-22-19-16(14)11-17(23-19)12-4-7-21-8-5-12/h2-4,6,9-11,21H,5,7-8H2,1H3,(H,22,23). The third kappa shape index (κ3) is 2.57. The van der Waals surface area contributed by atoms with Crippen LogP contribution in [-0.4, -0.2) is 30.2 Å². The van der Waals surface area contributed by atoms with Gasteiger partial charge in [-0.2, -0.15) is 0 Å². The maximum Gasteiger partial charge on any atom is 0.138 e. The molecule has 0 aliphatic carbocycles. The van der Waals surface area contributed by atoms with E-state index in [2.05, 4.69) is 27.4 Å². The van der Waals surface area contributed by atoms with Gasteiger partial charge in [0.05, 0.1) is 7.11 Å². The molecule has 3 aromatic rings. The average molecular weight is 323 g/mol. The van der Waals surface area contributed by atoms with Gasteiger partial charge in [0.2, 0.25) is 0 Å². The SMILES string of the molecule is COc1cc(F)ccc1-c1ccnc2[nH]c(C3=CCNCC3)cc12. The molecule has 4 rings (SSSR count). The lowest BCUT2D eigenvalue weighted by molar-refractivity contribution is 0.413. The molecule has 24 heavy (non-hydrogen) atoms. The highest BCUT2D eigenvalue weighted by atomic mass is 19.1. The van der Waals surface area contributed by atoms with Crippen molar-refractivity contribution in [2.45, 2.75) is 6.42 Å². The first kappa shape index (κ1) is 14.9. The van der Waals surface area contributed by atoms with E-state index >= 15 is 0 Å². The number of ether oxygens (including phenoxy) is 1. The molecular formula is C19H18FN3O. The molecule has 1 aliphatic rings. The van der Waals surface area contributed by atoms with Crippen molar-refractivity contribution in [1.29, 1.82) is 0 Å². The quantitative estimate of drug-likeness (QED) is 0.772. The van der Waals surface area contributed by atoms with Crippen LogP contribution in [0.2, 0.25) is 0 Å². The zero-order valence-electron chi connectivity index (χ0n) is 13.4. The number of pyridine rings is 1. The Morgan fingerprint density at radius 2 is 2.08 bits per heavy atom. The summed E-state index contributed by atoms with van der Waals surface area (Å²) in [4.78, 5) is 7.84. The number of fused-ring (bicyclic) bond motifs is 1. The van der Waals surface area contributed by atoms with Crippen molar-refractivity contribution in [2.75, 3.05) is 20.2 Å². The van der Waals surface area contributed by atoms with Crippen LogP contribution in [0.15, 0.2) is 42.6 Å². The summed E-state index contributed by atoms with van der Waals surface area (Å²) < 4.78 is 18.9. The van der Waals surface area contributed by atoms with E-state index in [1.807, 2.05) is 6.07 Å². The fraction of sp³-hybridized carbons (Fsp3) is 0.211. The van der Waals surface area contributed by atoms with Gasteiger partial charge in [-0.3, -0.25) is 0 Å². The number of methoxy groups -OCH3 is 1. The van der Waals surface area contributed by atoms with Gasteiger partial charge in [0.1, 0.15) is 17.2 Å². The predicted octanol–water partition coefficient (Wildman–Crippen LogP) is 3.75. The van der Waals surface area contributed by atoms with Crippen LogP contribution in [0.25, 0.3) is 27.7 Å². The van der Waals surface area contributed by atoms with E-state index in [4.69, 9.17) is 4.74 Å². The van der Waals surface area contributed by atoms with E-state index in [1.165, 1.54) is 17.7 Å². The molecular weight excluding hydrogens is 305 g/mol. The minimum atomic E-state index is -0.310. The molecule has 1 aromatic carbocycles. The van der Waals surface area contributed by atoms with Crippen LogP contribution in [0.1, 0.15) is 12.1 Å². The van der Waals surface area contributed by atoms with E-state index < -0.39 is 0 Å². The minimum absolute atomic E-state index is 0.310. The van der Waals surface area contributed by atoms with Crippen LogP contribution in [0.5, 0.6) is 5.75 Å². The zero-order chi connectivity index (χ0) is 16.5. The molecule has 0 spiro atoms. The summed E-state index contributed by atoms with van der Waals surface area (Å²) in [6.07, 6.45) is 4.95. The summed E-state index contributed by atoms with van der Waals surface area (Å²) in [6.45, 7) is 1.87. The highest BCUT2D eigenvalue weighted by molar-refractivity contribution is 5.96. The van der Waals surface area contributed by atoms with Crippen molar-refractivity contribution >= 4 is 16.6 Å². The van der Waals surface area contributed by atoms with Gasteiger partial charge >= 0.3 is 0 Å². The number of halogens is 1. The maximum atomic E-state index is 13.5. The van der Waals surface area contributed by atoms with E-state index in [9.17, 15) is 4.39 Å². The molecule has 0 bridgehead atoms. The number of aromatic amines is 1. The number of benzene rings is 1. The van der Waals surface area contributed by atoms with Crippen molar-refractivity contribution in [3.63, 3.8) is 0 Å². The van der Waals surface area contributed by atoms with Gasteiger partial charge in [-0.1, -0.05) is 6.08 Å². The zero-order valence-corrected chi connectivity index (χ0v) is 13.4. The molecule has 0 atom stereocenters. The second kappa shape index (κ2) is 6.09. The van der Waals surface area contributed by atoms with E-state index in [0.29, 0.717) is 5.75 Å². The van der Waals surface area contributed by atoms with Crippen LogP contribution in [-0.2, 0) is 0 Å². The third-order valence-electron chi connectivity index (χ3n) is 4.40. The topological polar surface area (TPSA) is 49.9 Å². The first-order valence-electron chi connectivity index (χ1n) is 7.98. The van der Waals surface area contributed by atoms with Gasteiger partial charge in [-0.05, 0) is 48.4 Å². The molecule has 122 valence electrons. The first-order valence-corrected chi connectivity index (χ1v) is 7.98. The molecule has 0 fully saturated rings. The number of nitrogens with zero attached hydrogens (tertiary/aromatic N) is 1. The van der Waals surface area contributed by atoms with Gasteiger partial charge in [-0.25, -0.2) is 9.37 Å². The first-order chi connectivity index (χ1) is 11.8. The maximum absolute atomic E-state index is 13.5. The summed E-state index contributed by atoms with van der Waals surface area (Å²) in [5, 5.41) is 4.33. The molecule has 5 heteroatoms. The van der Waals surface area contributed by atoms with Gasteiger partial charge < -0.3 is 15.0 Å². The van der Waals surface area contributed by atoms with Gasteiger partial charge in [0, 0.05) is 35.5 Å². The Bertz CT molecular complexity index is 930. The second-order valence-corrected chi connectivity index (χ2v) is 5.83. The second-order valence-electron chi connectivity index (χ2n) is 5.83. The Hall–Kier alpha value is -2.66. The fourth-order valence-corrected chi connectivity index (χ4v) is 3.19. The highest BCUT2D eigenvalue weighted by Crippen LogP contribution is 2.36. The normalized spacial score (nSPS) is 14.7. The Morgan fingerprint density at radius 1 is 1.17 bits per heavy atom. The summed E-state index contributed by atoms with van der Waals surface area (Å²) in [5.41, 5.74) is 5.05. The average Bonchev–Trinajstić information content (AvgIpc) is 3.07. The Morgan fingerprint density at radius 3 is 2.88 bits per heavy atom. The predicted molar refractivity (Wildman–Crippen MR) is 93.5 cm³/mol. The van der Waals surface area contributed by atoms with Crippen LogP contribution >= 0.6 is 0 Å². The summed E-state index contributed by atoms with van der Waals surface area (Å²) >= 11 is 0. The Kier molecular flexibility index (Phi) is 3.78. The smallest absolute Gasteiger partial charge is 0.138 e.